The third-order valence-corrected chi connectivity index (χ3v) is 5.09. The van der Waals surface area contributed by atoms with Crippen molar-refractivity contribution in [1.82, 2.24) is 4.98 Å². The van der Waals surface area contributed by atoms with E-state index in [9.17, 15) is 21.6 Å². The number of hydrogen-bond donors (Lipinski definition) is 0. The quantitative estimate of drug-likeness (QED) is 0.562. The summed E-state index contributed by atoms with van der Waals surface area (Å²) in [7, 11) is -1.77. The molecule has 0 atom stereocenters. The second kappa shape index (κ2) is 5.85. The number of pyridine rings is 1. The summed E-state index contributed by atoms with van der Waals surface area (Å²) in [6.07, 6.45) is 1.12. The Bertz CT molecular complexity index is 682. The highest BCUT2D eigenvalue weighted by molar-refractivity contribution is 8.14. The van der Waals surface area contributed by atoms with E-state index >= 15 is 0 Å². The van der Waals surface area contributed by atoms with Crippen LogP contribution in [0.3, 0.4) is 0 Å². The number of rotatable bonds is 5. The van der Waals surface area contributed by atoms with E-state index in [1.54, 1.807) is 0 Å². The Balaban J connectivity index is 3.05. The number of nitrogens with zero attached hydrogens (tertiary/aromatic N) is 1. The van der Waals surface area contributed by atoms with Crippen LogP contribution in [0.15, 0.2) is 23.4 Å². The van der Waals surface area contributed by atoms with Gasteiger partial charge in [-0.3, -0.25) is 0 Å². The molecular formula is C9H10ClNO6S2. The normalized spacial score (nSPS) is 12.1. The Morgan fingerprint density at radius 3 is 2.47 bits per heavy atom. The van der Waals surface area contributed by atoms with E-state index in [1.165, 1.54) is 6.07 Å². The number of sulfone groups is 1. The lowest BCUT2D eigenvalue weighted by atomic mass is 10.3. The SMILES string of the molecule is COC(=O)c1ccnc(S(=O)(=O)CCS(=O)(=O)Cl)c1. The number of esters is 1. The molecule has 1 aromatic heterocycles. The minimum absolute atomic E-state index is 0.00445. The van der Waals surface area contributed by atoms with Crippen LogP contribution in [0, 0.1) is 0 Å². The molecule has 0 radical (unpaired) electrons. The van der Waals surface area contributed by atoms with E-state index in [1.807, 2.05) is 0 Å². The van der Waals surface area contributed by atoms with Gasteiger partial charge in [-0.15, -0.1) is 0 Å². The van der Waals surface area contributed by atoms with Gasteiger partial charge in [0, 0.05) is 16.9 Å². The van der Waals surface area contributed by atoms with Crippen molar-refractivity contribution in [2.24, 2.45) is 0 Å². The van der Waals surface area contributed by atoms with Crippen molar-refractivity contribution >= 4 is 35.5 Å². The van der Waals surface area contributed by atoms with Crippen LogP contribution in [0.25, 0.3) is 0 Å². The first-order valence-corrected chi connectivity index (χ1v) is 8.98. The Kier molecular flexibility index (Phi) is 4.88. The zero-order valence-corrected chi connectivity index (χ0v) is 12.1. The molecule has 1 heterocycles. The predicted molar refractivity (Wildman–Crippen MR) is 67.3 cm³/mol. The molecule has 0 bridgehead atoms. The van der Waals surface area contributed by atoms with Crippen molar-refractivity contribution < 1.29 is 26.4 Å². The average molecular weight is 328 g/mol. The molecule has 0 amide bonds. The molecule has 0 saturated carbocycles. The monoisotopic (exact) mass is 327 g/mol. The van der Waals surface area contributed by atoms with Crippen LogP contribution in [0.5, 0.6) is 0 Å². The van der Waals surface area contributed by atoms with Crippen molar-refractivity contribution in [2.75, 3.05) is 18.6 Å². The summed E-state index contributed by atoms with van der Waals surface area (Å²) < 4.78 is 49.5. The first kappa shape index (κ1) is 15.9. The van der Waals surface area contributed by atoms with Crippen molar-refractivity contribution in [2.45, 2.75) is 5.03 Å². The van der Waals surface area contributed by atoms with Crippen LogP contribution < -0.4 is 0 Å². The molecule has 0 N–H and O–H groups in total. The fourth-order valence-electron chi connectivity index (χ4n) is 1.14. The number of aromatic nitrogens is 1. The minimum atomic E-state index is -3.94. The molecular weight excluding hydrogens is 318 g/mol. The van der Waals surface area contributed by atoms with E-state index in [-0.39, 0.29) is 5.56 Å². The highest BCUT2D eigenvalue weighted by atomic mass is 35.7. The van der Waals surface area contributed by atoms with Gasteiger partial charge in [-0.2, -0.15) is 0 Å². The van der Waals surface area contributed by atoms with Crippen LogP contribution >= 0.6 is 10.7 Å². The van der Waals surface area contributed by atoms with E-state index < -0.39 is 41.4 Å². The lowest BCUT2D eigenvalue weighted by Gasteiger charge is -2.04. The molecule has 1 aromatic rings. The average Bonchev–Trinajstić information content (AvgIpc) is 2.35. The molecule has 0 aliphatic carbocycles. The standard InChI is InChI=1S/C9H10ClNO6S2/c1-17-9(12)7-2-3-11-8(6-7)18(13,14)4-5-19(10,15)16/h2-3,6H,4-5H2,1H3. The minimum Gasteiger partial charge on any atom is -0.465 e. The molecule has 106 valence electrons. The third kappa shape index (κ3) is 4.77. The van der Waals surface area contributed by atoms with Crippen molar-refractivity contribution in [1.29, 1.82) is 0 Å². The Morgan fingerprint density at radius 1 is 1.32 bits per heavy atom. The summed E-state index contributed by atoms with van der Waals surface area (Å²) >= 11 is 0. The van der Waals surface area contributed by atoms with Crippen molar-refractivity contribution in [3.05, 3.63) is 23.9 Å². The fourth-order valence-corrected chi connectivity index (χ4v) is 4.12. The lowest BCUT2D eigenvalue weighted by molar-refractivity contribution is 0.0600. The van der Waals surface area contributed by atoms with Crippen molar-refractivity contribution in [3.8, 4) is 0 Å². The first-order valence-electron chi connectivity index (χ1n) is 4.85. The number of methoxy groups -OCH3 is 1. The molecule has 10 heteroatoms. The Labute approximate surface area is 114 Å². The third-order valence-electron chi connectivity index (χ3n) is 2.07. The van der Waals surface area contributed by atoms with Gasteiger partial charge >= 0.3 is 5.97 Å². The molecule has 7 nitrogen and oxygen atoms in total. The van der Waals surface area contributed by atoms with Gasteiger partial charge in [0.2, 0.25) is 9.05 Å². The second-order valence-electron chi connectivity index (χ2n) is 3.44. The molecule has 0 aliphatic rings. The number of carbonyl (C=O) groups is 1. The van der Waals surface area contributed by atoms with Gasteiger partial charge in [0.15, 0.2) is 14.9 Å². The molecule has 19 heavy (non-hydrogen) atoms. The van der Waals surface area contributed by atoms with Crippen LogP contribution in [-0.2, 0) is 23.6 Å². The fraction of sp³-hybridized carbons (Fsp3) is 0.333. The van der Waals surface area contributed by atoms with Crippen LogP contribution in [-0.4, -0.2) is 46.4 Å². The highest BCUT2D eigenvalue weighted by Crippen LogP contribution is 2.12. The molecule has 0 unspecified atom stereocenters. The van der Waals surface area contributed by atoms with Gasteiger partial charge in [-0.05, 0) is 12.1 Å². The first-order chi connectivity index (χ1) is 8.65. The number of carbonyl (C=O) groups excluding carboxylic acids is 1. The van der Waals surface area contributed by atoms with Gasteiger partial charge in [-0.1, -0.05) is 0 Å². The van der Waals surface area contributed by atoms with Gasteiger partial charge in [0.05, 0.1) is 24.2 Å². The van der Waals surface area contributed by atoms with Gasteiger partial charge in [0.25, 0.3) is 0 Å². The summed E-state index contributed by atoms with van der Waals surface area (Å²) in [4.78, 5) is 14.8. The highest BCUT2D eigenvalue weighted by Gasteiger charge is 2.21. The molecule has 1 rings (SSSR count). The number of hydrogen-bond acceptors (Lipinski definition) is 7. The second-order valence-corrected chi connectivity index (χ2v) is 8.39. The van der Waals surface area contributed by atoms with Crippen LogP contribution in [0.2, 0.25) is 0 Å². The summed E-state index contributed by atoms with van der Waals surface area (Å²) in [5.41, 5.74) is 0.00445. The number of ether oxygens (including phenoxy) is 1. The zero-order valence-electron chi connectivity index (χ0n) is 9.74. The van der Waals surface area contributed by atoms with Crippen LogP contribution in [0.1, 0.15) is 10.4 Å². The summed E-state index contributed by atoms with van der Waals surface area (Å²) in [5.74, 6) is -2.17. The topological polar surface area (TPSA) is 107 Å². The molecule has 0 spiro atoms. The van der Waals surface area contributed by atoms with E-state index in [0.29, 0.717) is 0 Å². The van der Waals surface area contributed by atoms with E-state index in [2.05, 4.69) is 9.72 Å². The van der Waals surface area contributed by atoms with Gasteiger partial charge < -0.3 is 4.74 Å². The van der Waals surface area contributed by atoms with Gasteiger partial charge in [0.1, 0.15) is 0 Å². The Morgan fingerprint density at radius 2 is 1.95 bits per heavy atom. The molecule has 0 aliphatic heterocycles. The molecule has 0 fully saturated rings. The lowest BCUT2D eigenvalue weighted by Crippen LogP contribution is -2.16. The maximum atomic E-state index is 11.8. The maximum Gasteiger partial charge on any atom is 0.338 e. The smallest absolute Gasteiger partial charge is 0.338 e. The molecule has 0 saturated heterocycles. The Hall–Kier alpha value is -1.19. The largest absolute Gasteiger partial charge is 0.465 e. The van der Waals surface area contributed by atoms with Crippen LogP contribution in [0.4, 0.5) is 0 Å². The zero-order chi connectivity index (χ0) is 14.7. The van der Waals surface area contributed by atoms with Crippen molar-refractivity contribution in [3.63, 3.8) is 0 Å². The summed E-state index contributed by atoms with van der Waals surface area (Å²) in [5, 5.41) is -0.407. The van der Waals surface area contributed by atoms with Gasteiger partial charge in [-0.25, -0.2) is 26.6 Å². The summed E-state index contributed by atoms with van der Waals surface area (Å²) in [6.45, 7) is 0. The van der Waals surface area contributed by atoms with E-state index in [0.717, 1.165) is 19.4 Å². The molecule has 0 aromatic carbocycles. The van der Waals surface area contributed by atoms with E-state index in [4.69, 9.17) is 10.7 Å². The number of halogens is 1. The summed E-state index contributed by atoms with van der Waals surface area (Å²) in [6, 6.07) is 2.30. The maximum absolute atomic E-state index is 11.8. The predicted octanol–water partition coefficient (Wildman–Crippen LogP) is 0.211.